The Morgan fingerprint density at radius 2 is 1.41 bits per heavy atom. The van der Waals surface area contributed by atoms with Crippen LogP contribution in [0.25, 0.3) is 0 Å². The highest BCUT2D eigenvalue weighted by atomic mass is 32.1. The molecule has 1 rings (SSSR count). The minimum absolute atomic E-state index is 0.383. The quantitative estimate of drug-likeness (QED) is 0.734. The Hall–Kier alpha value is -1.36. The lowest BCUT2D eigenvalue weighted by atomic mass is 10.4. The van der Waals surface area contributed by atoms with E-state index in [0.29, 0.717) is 23.0 Å². The smallest absolute Gasteiger partial charge is 0.348 e. The van der Waals surface area contributed by atoms with Gasteiger partial charge in [0.25, 0.3) is 0 Å². The van der Waals surface area contributed by atoms with Crippen LogP contribution in [0.4, 0.5) is 0 Å². The third-order valence-corrected chi connectivity index (χ3v) is 2.93. The van der Waals surface area contributed by atoms with E-state index < -0.39 is 0 Å². The van der Waals surface area contributed by atoms with E-state index in [2.05, 4.69) is 0 Å². The molecule has 0 aliphatic rings. The lowest BCUT2D eigenvalue weighted by Gasteiger charge is -2.00. The first kappa shape index (κ1) is 13.7. The van der Waals surface area contributed by atoms with E-state index in [1.165, 1.54) is 0 Å². The van der Waals surface area contributed by atoms with Crippen LogP contribution in [0, 0.1) is 0 Å². The Morgan fingerprint density at radius 3 is 1.76 bits per heavy atom. The highest BCUT2D eigenvalue weighted by Crippen LogP contribution is 2.18. The van der Waals surface area contributed by atoms with Crippen molar-refractivity contribution in [2.45, 2.75) is 26.7 Å². The molecule has 0 aliphatic carbocycles. The fourth-order valence-corrected chi connectivity index (χ4v) is 1.88. The van der Waals surface area contributed by atoms with Crippen LogP contribution in [0.5, 0.6) is 0 Å². The molecule has 5 heteroatoms. The van der Waals surface area contributed by atoms with Crippen LogP contribution in [0.2, 0.25) is 0 Å². The molecule has 94 valence electrons. The second-order valence-electron chi connectivity index (χ2n) is 3.44. The molecule has 0 unspecified atom stereocenters. The highest BCUT2D eigenvalue weighted by Gasteiger charge is 2.15. The maximum atomic E-state index is 11.5. The predicted molar refractivity (Wildman–Crippen MR) is 65.5 cm³/mol. The summed E-state index contributed by atoms with van der Waals surface area (Å²) in [7, 11) is 0. The van der Waals surface area contributed by atoms with E-state index in [4.69, 9.17) is 9.47 Å². The van der Waals surface area contributed by atoms with Crippen molar-refractivity contribution < 1.29 is 19.1 Å². The summed E-state index contributed by atoms with van der Waals surface area (Å²) in [5.41, 5.74) is 0. The van der Waals surface area contributed by atoms with E-state index in [1.54, 1.807) is 12.1 Å². The SMILES string of the molecule is CCCOC(=O)c1ccc(C(=O)OCCC)s1. The lowest BCUT2D eigenvalue weighted by molar-refractivity contribution is 0.0504. The van der Waals surface area contributed by atoms with Crippen molar-refractivity contribution in [3.05, 3.63) is 21.9 Å². The number of hydrogen-bond acceptors (Lipinski definition) is 5. The Bertz CT molecular complexity index is 349. The predicted octanol–water partition coefficient (Wildman–Crippen LogP) is 2.88. The number of carbonyl (C=O) groups is 2. The fraction of sp³-hybridized carbons (Fsp3) is 0.500. The van der Waals surface area contributed by atoms with Gasteiger partial charge >= 0.3 is 11.9 Å². The van der Waals surface area contributed by atoms with Crippen molar-refractivity contribution in [2.75, 3.05) is 13.2 Å². The number of ether oxygens (including phenoxy) is 2. The number of esters is 2. The van der Waals surface area contributed by atoms with Gasteiger partial charge in [0.1, 0.15) is 9.75 Å². The maximum absolute atomic E-state index is 11.5. The molecular weight excluding hydrogens is 240 g/mol. The molecular formula is C12H16O4S. The molecule has 1 aromatic rings. The molecule has 0 bridgehead atoms. The maximum Gasteiger partial charge on any atom is 0.348 e. The number of thiophene rings is 1. The van der Waals surface area contributed by atoms with Crippen LogP contribution in [-0.2, 0) is 9.47 Å². The highest BCUT2D eigenvalue weighted by molar-refractivity contribution is 7.15. The summed E-state index contributed by atoms with van der Waals surface area (Å²) in [6.07, 6.45) is 1.56. The monoisotopic (exact) mass is 256 g/mol. The molecule has 0 radical (unpaired) electrons. The van der Waals surface area contributed by atoms with Crippen molar-refractivity contribution in [3.8, 4) is 0 Å². The van der Waals surface area contributed by atoms with Gasteiger partial charge in [0.2, 0.25) is 0 Å². The first-order valence-electron chi connectivity index (χ1n) is 5.63. The summed E-state index contributed by atoms with van der Waals surface area (Å²) >= 11 is 1.10. The molecule has 1 aromatic heterocycles. The van der Waals surface area contributed by atoms with Gasteiger partial charge in [0, 0.05) is 0 Å². The summed E-state index contributed by atoms with van der Waals surface area (Å²) in [4.78, 5) is 23.8. The molecule has 0 saturated heterocycles. The van der Waals surface area contributed by atoms with Crippen LogP contribution in [0.1, 0.15) is 46.0 Å². The van der Waals surface area contributed by atoms with Crippen LogP contribution < -0.4 is 0 Å². The molecule has 0 fully saturated rings. The van der Waals surface area contributed by atoms with Gasteiger partial charge in [-0.25, -0.2) is 9.59 Å². The van der Waals surface area contributed by atoms with Gasteiger partial charge in [-0.1, -0.05) is 13.8 Å². The second kappa shape index (κ2) is 7.06. The van der Waals surface area contributed by atoms with Crippen LogP contribution in [0.3, 0.4) is 0 Å². The van der Waals surface area contributed by atoms with E-state index >= 15 is 0 Å². The zero-order chi connectivity index (χ0) is 12.7. The fourth-order valence-electron chi connectivity index (χ4n) is 1.09. The molecule has 0 aromatic carbocycles. The zero-order valence-corrected chi connectivity index (χ0v) is 10.8. The average molecular weight is 256 g/mol. The summed E-state index contributed by atoms with van der Waals surface area (Å²) in [6.45, 7) is 4.64. The van der Waals surface area contributed by atoms with E-state index in [1.807, 2.05) is 13.8 Å². The Morgan fingerprint density at radius 1 is 1.00 bits per heavy atom. The van der Waals surface area contributed by atoms with Crippen LogP contribution in [-0.4, -0.2) is 25.2 Å². The number of carbonyl (C=O) groups excluding carboxylic acids is 2. The molecule has 1 heterocycles. The van der Waals surface area contributed by atoms with Crippen LogP contribution >= 0.6 is 11.3 Å². The van der Waals surface area contributed by atoms with Gasteiger partial charge in [0.05, 0.1) is 13.2 Å². The van der Waals surface area contributed by atoms with Crippen molar-refractivity contribution in [3.63, 3.8) is 0 Å². The molecule has 0 aliphatic heterocycles. The van der Waals surface area contributed by atoms with Gasteiger partial charge in [-0.3, -0.25) is 0 Å². The normalized spacial score (nSPS) is 10.0. The third kappa shape index (κ3) is 4.19. The van der Waals surface area contributed by atoms with E-state index in [-0.39, 0.29) is 11.9 Å². The molecule has 17 heavy (non-hydrogen) atoms. The van der Waals surface area contributed by atoms with Crippen LogP contribution in [0.15, 0.2) is 12.1 Å². The minimum atomic E-state index is -0.383. The molecule has 0 atom stereocenters. The molecule has 0 amide bonds. The van der Waals surface area contributed by atoms with Crippen molar-refractivity contribution in [1.29, 1.82) is 0 Å². The minimum Gasteiger partial charge on any atom is -0.462 e. The van der Waals surface area contributed by atoms with Gasteiger partial charge < -0.3 is 9.47 Å². The summed E-state index contributed by atoms with van der Waals surface area (Å²) in [5, 5.41) is 0. The molecule has 0 saturated carbocycles. The summed E-state index contributed by atoms with van der Waals surface area (Å²) < 4.78 is 9.94. The third-order valence-electron chi connectivity index (χ3n) is 1.88. The Labute approximate surface area is 105 Å². The second-order valence-corrected chi connectivity index (χ2v) is 4.52. The average Bonchev–Trinajstić information content (AvgIpc) is 2.82. The largest absolute Gasteiger partial charge is 0.462 e. The Kier molecular flexibility index (Phi) is 5.69. The molecule has 4 nitrogen and oxygen atoms in total. The lowest BCUT2D eigenvalue weighted by Crippen LogP contribution is -2.04. The van der Waals surface area contributed by atoms with Gasteiger partial charge in [-0.15, -0.1) is 11.3 Å². The Balaban J connectivity index is 2.58. The summed E-state index contributed by atoms with van der Waals surface area (Å²) in [5.74, 6) is -0.766. The number of hydrogen-bond donors (Lipinski definition) is 0. The van der Waals surface area contributed by atoms with Gasteiger partial charge in [0.15, 0.2) is 0 Å². The molecule has 0 N–H and O–H groups in total. The van der Waals surface area contributed by atoms with Crippen molar-refractivity contribution in [1.82, 2.24) is 0 Å². The van der Waals surface area contributed by atoms with Gasteiger partial charge in [-0.2, -0.15) is 0 Å². The first-order chi connectivity index (χ1) is 8.19. The zero-order valence-electron chi connectivity index (χ0n) is 10.0. The van der Waals surface area contributed by atoms with E-state index in [9.17, 15) is 9.59 Å². The topological polar surface area (TPSA) is 52.6 Å². The molecule has 0 spiro atoms. The first-order valence-corrected chi connectivity index (χ1v) is 6.44. The van der Waals surface area contributed by atoms with Crippen molar-refractivity contribution in [2.24, 2.45) is 0 Å². The van der Waals surface area contributed by atoms with E-state index in [0.717, 1.165) is 24.2 Å². The standard InChI is InChI=1S/C12H16O4S/c1-3-7-15-11(13)9-5-6-10(17-9)12(14)16-8-4-2/h5-6H,3-4,7-8H2,1-2H3. The summed E-state index contributed by atoms with van der Waals surface area (Å²) in [6, 6.07) is 3.18. The number of rotatable bonds is 6. The van der Waals surface area contributed by atoms with Crippen molar-refractivity contribution >= 4 is 23.3 Å². The van der Waals surface area contributed by atoms with Gasteiger partial charge in [-0.05, 0) is 25.0 Å².